The first-order chi connectivity index (χ1) is 9.15. The molecule has 19 heavy (non-hydrogen) atoms. The van der Waals surface area contributed by atoms with Gasteiger partial charge in [0.05, 0.1) is 6.04 Å². The maximum atomic E-state index is 12.0. The number of carbonyl (C=O) groups is 1. The zero-order valence-corrected chi connectivity index (χ0v) is 13.0. The van der Waals surface area contributed by atoms with Crippen molar-refractivity contribution in [3.05, 3.63) is 0 Å². The first-order valence-corrected chi connectivity index (χ1v) is 8.19. The molecule has 1 amide bonds. The Morgan fingerprint density at radius 1 is 1.16 bits per heavy atom. The van der Waals surface area contributed by atoms with Gasteiger partial charge in [-0.2, -0.15) is 0 Å². The molecule has 0 aromatic carbocycles. The lowest BCUT2D eigenvalue weighted by Gasteiger charge is -2.30. The van der Waals surface area contributed by atoms with Gasteiger partial charge in [-0.1, -0.05) is 39.0 Å². The average molecular weight is 268 g/mol. The van der Waals surface area contributed by atoms with Crippen LogP contribution in [-0.4, -0.2) is 24.5 Å². The highest BCUT2D eigenvalue weighted by molar-refractivity contribution is 5.81. The van der Waals surface area contributed by atoms with Crippen LogP contribution in [-0.2, 0) is 4.79 Å². The molecule has 3 heteroatoms. The zero-order chi connectivity index (χ0) is 14.1. The maximum Gasteiger partial charge on any atom is 0.236 e. The van der Waals surface area contributed by atoms with E-state index < -0.39 is 0 Å². The van der Waals surface area contributed by atoms with Gasteiger partial charge in [-0.15, -0.1) is 0 Å². The molecule has 1 fully saturated rings. The number of rotatable bonds is 8. The third-order valence-corrected chi connectivity index (χ3v) is 4.34. The minimum absolute atomic E-state index is 0.0708. The van der Waals surface area contributed by atoms with E-state index in [1.54, 1.807) is 0 Å². The van der Waals surface area contributed by atoms with Crippen molar-refractivity contribution in [3.63, 3.8) is 0 Å². The molecule has 0 aromatic rings. The predicted octanol–water partition coefficient (Wildman–Crippen LogP) is 3.24. The topological polar surface area (TPSA) is 41.1 Å². The summed E-state index contributed by atoms with van der Waals surface area (Å²) in [5.74, 6) is 0.905. The molecule has 2 N–H and O–H groups in total. The Morgan fingerprint density at radius 3 is 2.47 bits per heavy atom. The first kappa shape index (κ1) is 16.5. The molecule has 0 heterocycles. The third kappa shape index (κ3) is 6.42. The highest BCUT2D eigenvalue weighted by atomic mass is 16.2. The molecule has 3 nitrogen and oxygen atoms in total. The van der Waals surface area contributed by atoms with Gasteiger partial charge in [0.15, 0.2) is 0 Å². The van der Waals surface area contributed by atoms with Crippen LogP contribution in [0.25, 0.3) is 0 Å². The molecule has 1 aliphatic carbocycles. The summed E-state index contributed by atoms with van der Waals surface area (Å²) in [6, 6.07) is 0.384. The van der Waals surface area contributed by atoms with Crippen LogP contribution in [0.4, 0.5) is 0 Å². The number of unbranched alkanes of at least 4 members (excludes halogenated alkanes) is 2. The molecule has 1 saturated carbocycles. The summed E-state index contributed by atoms with van der Waals surface area (Å²) < 4.78 is 0. The molecule has 0 aliphatic heterocycles. The van der Waals surface area contributed by atoms with E-state index in [0.29, 0.717) is 6.04 Å². The van der Waals surface area contributed by atoms with Crippen LogP contribution in [0.3, 0.4) is 0 Å². The Morgan fingerprint density at radius 2 is 1.84 bits per heavy atom. The summed E-state index contributed by atoms with van der Waals surface area (Å²) in [6.07, 6.45) is 10.2. The molecule has 0 bridgehead atoms. The van der Waals surface area contributed by atoms with E-state index >= 15 is 0 Å². The van der Waals surface area contributed by atoms with Gasteiger partial charge in [-0.3, -0.25) is 4.79 Å². The second-order valence-corrected chi connectivity index (χ2v) is 6.07. The van der Waals surface area contributed by atoms with Crippen molar-refractivity contribution in [1.82, 2.24) is 10.6 Å². The molecule has 2 atom stereocenters. The number of nitrogens with one attached hydrogen (secondary N) is 2. The van der Waals surface area contributed by atoms with E-state index in [0.717, 1.165) is 18.9 Å². The van der Waals surface area contributed by atoms with E-state index in [9.17, 15) is 4.79 Å². The van der Waals surface area contributed by atoms with Gasteiger partial charge in [0.25, 0.3) is 0 Å². The van der Waals surface area contributed by atoms with Crippen LogP contribution >= 0.6 is 0 Å². The Labute approximate surface area is 118 Å². The lowest BCUT2D eigenvalue weighted by molar-refractivity contribution is -0.123. The van der Waals surface area contributed by atoms with Crippen LogP contribution < -0.4 is 10.6 Å². The van der Waals surface area contributed by atoms with Crippen molar-refractivity contribution in [1.29, 1.82) is 0 Å². The third-order valence-electron chi connectivity index (χ3n) is 4.34. The SMILES string of the molecule is CCCCCNC(=O)C(C)N[C@H](C)C1CCCCC1. The first-order valence-electron chi connectivity index (χ1n) is 8.19. The van der Waals surface area contributed by atoms with E-state index in [1.807, 2.05) is 6.92 Å². The summed E-state index contributed by atoms with van der Waals surface area (Å²) >= 11 is 0. The summed E-state index contributed by atoms with van der Waals surface area (Å²) in [4.78, 5) is 12.0. The van der Waals surface area contributed by atoms with Gasteiger partial charge in [0, 0.05) is 12.6 Å². The van der Waals surface area contributed by atoms with Crippen molar-refractivity contribution in [2.45, 2.75) is 84.2 Å². The lowest BCUT2D eigenvalue weighted by Crippen LogP contribution is -2.48. The maximum absolute atomic E-state index is 12.0. The van der Waals surface area contributed by atoms with Crippen molar-refractivity contribution >= 4 is 5.91 Å². The van der Waals surface area contributed by atoms with Gasteiger partial charge in [-0.05, 0) is 39.0 Å². The lowest BCUT2D eigenvalue weighted by atomic mass is 9.84. The van der Waals surface area contributed by atoms with Crippen LogP contribution in [0.2, 0.25) is 0 Å². The minimum atomic E-state index is -0.0708. The molecule has 1 unspecified atom stereocenters. The highest BCUT2D eigenvalue weighted by Gasteiger charge is 2.23. The predicted molar refractivity (Wildman–Crippen MR) is 81.2 cm³/mol. The van der Waals surface area contributed by atoms with Crippen LogP contribution in [0.5, 0.6) is 0 Å². The van der Waals surface area contributed by atoms with Crippen molar-refractivity contribution in [2.75, 3.05) is 6.54 Å². The largest absolute Gasteiger partial charge is 0.355 e. The normalized spacial score (nSPS) is 19.9. The second-order valence-electron chi connectivity index (χ2n) is 6.07. The Bertz CT molecular complexity index is 249. The summed E-state index contributed by atoms with van der Waals surface area (Å²) in [7, 11) is 0. The van der Waals surface area contributed by atoms with Gasteiger partial charge >= 0.3 is 0 Å². The van der Waals surface area contributed by atoms with Gasteiger partial charge in [0.2, 0.25) is 5.91 Å². The van der Waals surface area contributed by atoms with E-state index in [-0.39, 0.29) is 11.9 Å². The molecular weight excluding hydrogens is 236 g/mol. The van der Waals surface area contributed by atoms with Gasteiger partial charge in [0.1, 0.15) is 0 Å². The van der Waals surface area contributed by atoms with Crippen LogP contribution in [0.1, 0.15) is 72.1 Å². The molecule has 0 aromatic heterocycles. The van der Waals surface area contributed by atoms with Gasteiger partial charge < -0.3 is 10.6 Å². The van der Waals surface area contributed by atoms with E-state index in [2.05, 4.69) is 24.5 Å². The highest BCUT2D eigenvalue weighted by Crippen LogP contribution is 2.26. The number of hydrogen-bond donors (Lipinski definition) is 2. The number of amides is 1. The molecule has 0 radical (unpaired) electrons. The Hall–Kier alpha value is -0.570. The average Bonchev–Trinajstić information content (AvgIpc) is 2.44. The molecule has 0 spiro atoms. The molecular formula is C16H32N2O. The molecule has 1 rings (SSSR count). The quantitative estimate of drug-likeness (QED) is 0.664. The monoisotopic (exact) mass is 268 g/mol. The van der Waals surface area contributed by atoms with Crippen LogP contribution in [0, 0.1) is 5.92 Å². The van der Waals surface area contributed by atoms with Crippen molar-refractivity contribution < 1.29 is 4.79 Å². The zero-order valence-electron chi connectivity index (χ0n) is 13.0. The molecule has 1 aliphatic rings. The van der Waals surface area contributed by atoms with Gasteiger partial charge in [-0.25, -0.2) is 0 Å². The Balaban J connectivity index is 2.20. The Kier molecular flexibility index (Phi) is 8.11. The number of carbonyl (C=O) groups excluding carboxylic acids is 1. The van der Waals surface area contributed by atoms with Crippen LogP contribution in [0.15, 0.2) is 0 Å². The van der Waals surface area contributed by atoms with E-state index in [4.69, 9.17) is 0 Å². The minimum Gasteiger partial charge on any atom is -0.355 e. The fourth-order valence-corrected chi connectivity index (χ4v) is 2.98. The van der Waals surface area contributed by atoms with Crippen molar-refractivity contribution in [2.24, 2.45) is 5.92 Å². The summed E-state index contributed by atoms with van der Waals surface area (Å²) in [6.45, 7) is 7.21. The number of hydrogen-bond acceptors (Lipinski definition) is 2. The summed E-state index contributed by atoms with van der Waals surface area (Å²) in [5.41, 5.74) is 0. The molecule has 112 valence electrons. The second kappa shape index (κ2) is 9.35. The fourth-order valence-electron chi connectivity index (χ4n) is 2.98. The molecule has 0 saturated heterocycles. The van der Waals surface area contributed by atoms with E-state index in [1.165, 1.54) is 44.9 Å². The smallest absolute Gasteiger partial charge is 0.236 e. The fraction of sp³-hybridized carbons (Fsp3) is 0.938. The standard InChI is InChI=1S/C16H32N2O/c1-4-5-9-12-17-16(19)14(3)18-13(2)15-10-7-6-8-11-15/h13-15,18H,4-12H2,1-3H3,(H,17,19)/t13-,14?/m1/s1. The summed E-state index contributed by atoms with van der Waals surface area (Å²) in [5, 5.41) is 6.50. The van der Waals surface area contributed by atoms with Crippen molar-refractivity contribution in [3.8, 4) is 0 Å².